The van der Waals surface area contributed by atoms with Crippen LogP contribution in [0.4, 0.5) is 22.0 Å². The van der Waals surface area contributed by atoms with E-state index in [4.69, 9.17) is 103 Å². The van der Waals surface area contributed by atoms with Crippen LogP contribution in [0.1, 0.15) is 61.2 Å². The Bertz CT molecular complexity index is 5900. The number of alkyl halides is 5. The number of aromatic nitrogens is 5. The van der Waals surface area contributed by atoms with Crippen LogP contribution in [0.2, 0.25) is 35.2 Å². The molecule has 15 aromatic rings. The molecule has 0 N–H and O–H groups in total. The Hall–Kier alpha value is -11.9. The van der Waals surface area contributed by atoms with E-state index >= 15 is 0 Å². The molecule has 28 heteroatoms. The molecule has 120 heavy (non-hydrogen) atoms. The van der Waals surface area contributed by atoms with Crippen molar-refractivity contribution in [3.05, 3.63) is 378 Å². The predicted molar refractivity (Wildman–Crippen MR) is 451 cm³/mol. The molecule has 610 valence electrons. The summed E-state index contributed by atoms with van der Waals surface area (Å²) in [6.45, 7) is -2.94. The minimum atomic E-state index is -4.43. The molecule has 0 bridgehead atoms. The van der Waals surface area contributed by atoms with E-state index in [1.807, 2.05) is 103 Å². The van der Waals surface area contributed by atoms with Crippen molar-refractivity contribution in [2.45, 2.75) is 77.0 Å². The zero-order chi connectivity index (χ0) is 85.1. The van der Waals surface area contributed by atoms with Crippen molar-refractivity contribution in [3.63, 3.8) is 0 Å². The van der Waals surface area contributed by atoms with Crippen molar-refractivity contribution in [2.75, 3.05) is 0 Å². The van der Waals surface area contributed by atoms with Gasteiger partial charge in [-0.15, -0.1) is 0 Å². The molecule has 0 saturated carbocycles. The normalized spacial score (nSPS) is 10.9. The maximum Gasteiger partial charge on any atom is 0.416 e. The second-order valence-electron chi connectivity index (χ2n) is 26.7. The second-order valence-corrected chi connectivity index (χ2v) is 29.6. The van der Waals surface area contributed by atoms with Crippen molar-refractivity contribution in [1.82, 2.24) is 24.9 Å². The molecule has 0 aliphatic rings. The Morgan fingerprint density at radius 2 is 0.583 bits per heavy atom. The first-order valence-electron chi connectivity index (χ1n) is 36.5. The molecule has 0 aliphatic heterocycles. The van der Waals surface area contributed by atoms with E-state index < -0.39 is 18.4 Å². The van der Waals surface area contributed by atoms with E-state index in [1.54, 1.807) is 110 Å². The molecule has 16 nitrogen and oxygen atoms in total. The van der Waals surface area contributed by atoms with Gasteiger partial charge in [0, 0.05) is 108 Å². The van der Waals surface area contributed by atoms with Crippen LogP contribution < -0.4 is 4.74 Å². The molecule has 0 amide bonds. The Balaban J connectivity index is 0.000000147. The Kier molecular flexibility index (Phi) is 32.4. The lowest BCUT2D eigenvalue weighted by molar-refractivity contribution is -0.137. The number of hydrogen-bond donors (Lipinski definition) is 0. The van der Waals surface area contributed by atoms with Gasteiger partial charge in [0.15, 0.2) is 60.8 Å². The summed E-state index contributed by atoms with van der Waals surface area (Å²) < 4.78 is 93.7. The van der Waals surface area contributed by atoms with Crippen molar-refractivity contribution < 1.29 is 72.7 Å². The fourth-order valence-electron chi connectivity index (χ4n) is 12.2. The molecule has 0 atom stereocenters. The number of oxazole rings is 5. The van der Waals surface area contributed by atoms with Gasteiger partial charge in [-0.05, 0) is 141 Å². The number of hydrogen-bond acceptors (Lipinski definition) is 16. The predicted octanol–water partition coefficient (Wildman–Crippen LogP) is 24.7. The smallest absolute Gasteiger partial charge is 0.416 e. The third kappa shape index (κ3) is 27.1. The summed E-state index contributed by atoms with van der Waals surface area (Å²) in [6.07, 6.45) is 12.4. The third-order valence-corrected chi connectivity index (χ3v) is 20.0. The highest BCUT2D eigenvalue weighted by molar-refractivity contribution is 6.35. The SMILES string of the molecule is O=C(Cc1ccc(-c2cnco2)c(Cl)c1)Cc1ccccc1Cl.O=C(Cc1ccc(-c2cnco2)c(Cl)c1)Cc1ccccc1OC(F)F.O=C(Cc1ccc(Cl)cc1)Cc1ccc(-c2cnco2)c(Cl)c1.O=C(Cc1cccc(C(F)(F)F)c1)Cc1ccc(-c2cnco2)c(Cl)c1.O=C(Cc1ccccc1)Cc1ccc(-c2cnco2)c(Cl)c1. The summed E-state index contributed by atoms with van der Waals surface area (Å²) in [6, 6.07) is 62.3. The molecule has 10 aromatic carbocycles. The first-order chi connectivity index (χ1) is 57.8. The number of nitrogens with zero attached hydrogens (tertiary/aromatic N) is 5. The van der Waals surface area contributed by atoms with Crippen molar-refractivity contribution >= 4 is 110 Å². The lowest BCUT2D eigenvalue weighted by atomic mass is 10.00. The van der Waals surface area contributed by atoms with Crippen LogP contribution in [0.5, 0.6) is 5.75 Å². The van der Waals surface area contributed by atoms with E-state index in [2.05, 4.69) is 29.7 Å². The maximum absolute atomic E-state index is 12.7. The molecule has 5 aromatic heterocycles. The number of carbonyl (C=O) groups is 5. The molecule has 0 aliphatic carbocycles. The van der Waals surface area contributed by atoms with Crippen LogP contribution in [0.3, 0.4) is 0 Å². The van der Waals surface area contributed by atoms with Crippen molar-refractivity contribution in [3.8, 4) is 62.4 Å². The monoisotopic (exact) mass is 1760 g/mol. The Morgan fingerprint density at radius 1 is 0.300 bits per heavy atom. The van der Waals surface area contributed by atoms with Gasteiger partial charge in [-0.25, -0.2) is 24.9 Å². The highest BCUT2D eigenvalue weighted by Crippen LogP contribution is 2.36. The second kappa shape index (κ2) is 43.7. The lowest BCUT2D eigenvalue weighted by Gasteiger charge is -2.10. The van der Waals surface area contributed by atoms with Gasteiger partial charge in [-0.2, -0.15) is 22.0 Å². The number of benzene rings is 10. The number of para-hydroxylation sites is 1. The average Bonchev–Trinajstić information content (AvgIpc) is 1.62. The molecular formula is C92H67Cl7F5N5O11. The largest absolute Gasteiger partial charge is 0.443 e. The highest BCUT2D eigenvalue weighted by atomic mass is 35.5. The van der Waals surface area contributed by atoms with Crippen LogP contribution in [-0.2, 0) is 94.4 Å². The first kappa shape index (κ1) is 88.9. The molecule has 0 spiro atoms. The minimum absolute atomic E-state index is 0.00884. The minimum Gasteiger partial charge on any atom is -0.443 e. The van der Waals surface area contributed by atoms with E-state index in [-0.39, 0.29) is 60.3 Å². The number of halogens is 12. The van der Waals surface area contributed by atoms with E-state index in [9.17, 15) is 45.9 Å². The zero-order valence-electron chi connectivity index (χ0n) is 63.0. The third-order valence-electron chi connectivity index (χ3n) is 17.8. The van der Waals surface area contributed by atoms with E-state index in [0.717, 1.165) is 67.8 Å². The van der Waals surface area contributed by atoms with Gasteiger partial charge in [0.05, 0.1) is 61.7 Å². The van der Waals surface area contributed by atoms with Gasteiger partial charge in [-0.3, -0.25) is 24.0 Å². The fraction of sp³-hybridized carbons (Fsp3) is 0.130. The number of ether oxygens (including phenoxy) is 1. The van der Waals surface area contributed by atoms with Gasteiger partial charge in [0.25, 0.3) is 0 Å². The van der Waals surface area contributed by atoms with Crippen LogP contribution >= 0.6 is 81.2 Å². The molecule has 0 saturated heterocycles. The summed E-state index contributed by atoms with van der Waals surface area (Å²) >= 11 is 43.2. The molecule has 15 rings (SSSR count). The zero-order valence-corrected chi connectivity index (χ0v) is 68.3. The van der Waals surface area contributed by atoms with Crippen LogP contribution in [0.15, 0.2) is 303 Å². The molecule has 0 unspecified atom stereocenters. The summed E-state index contributed by atoms with van der Waals surface area (Å²) in [7, 11) is 0. The number of ketones is 5. The molecular weight excluding hydrogens is 1690 g/mol. The van der Waals surface area contributed by atoms with Gasteiger partial charge < -0.3 is 26.8 Å². The first-order valence-corrected chi connectivity index (χ1v) is 39.1. The standard InChI is InChI=1S/C19H13ClF3NO2.C19H14ClF2NO3.2C18H13Cl2NO2.C18H14ClNO2/c20-17-9-13(4-5-16(17)18-10-24-11-26-18)8-15(25)7-12-2-1-3-14(6-12)19(21,22)23;20-16-8-12(5-6-15(16)18-10-23-11-25-18)7-14(24)9-13-3-1-2-4-17(13)26-19(21)22;19-14-4-1-12(2-5-14)7-15(22)8-13-3-6-16(17(20)9-13)18-10-21-11-23-18;19-16-4-2-1-3-13(16)9-14(22)7-12-5-6-15(17(20)8-12)18-10-21-11-23-18;19-17-10-14(6-7-16(17)18-11-20-12-22-18)9-15(21)8-13-4-2-1-3-5-13/h1-6,9-11H,7-8H2;1-6,8,10-11,19H,7,9H2;1-6,9-11H,7-8H2;1-6,8,10-11H,7,9H2;1-7,10-12H,8-9H2. The summed E-state index contributed by atoms with van der Waals surface area (Å²) in [5.74, 6) is 2.90. The van der Waals surface area contributed by atoms with E-state index in [1.165, 1.54) is 56.4 Å². The fourth-order valence-corrected chi connectivity index (χ4v) is 14.0. The maximum atomic E-state index is 12.7. The molecule has 0 fully saturated rings. The van der Waals surface area contributed by atoms with Crippen LogP contribution in [0, 0.1) is 0 Å². The number of Topliss-reactive ketones (excluding diaryl/α,β-unsaturated/α-hetero) is 5. The Labute approximate surface area is 719 Å². The number of carbonyl (C=O) groups excluding carboxylic acids is 5. The van der Waals surface area contributed by atoms with Gasteiger partial charge in [0.2, 0.25) is 0 Å². The van der Waals surface area contributed by atoms with Crippen LogP contribution in [-0.4, -0.2) is 60.4 Å². The molecule has 0 radical (unpaired) electrons. The number of rotatable bonds is 27. The van der Waals surface area contributed by atoms with Gasteiger partial charge in [0.1, 0.15) is 34.7 Å². The van der Waals surface area contributed by atoms with Crippen LogP contribution in [0.25, 0.3) is 56.6 Å². The summed E-state index contributed by atoms with van der Waals surface area (Å²) in [5.41, 5.74) is 10.4. The van der Waals surface area contributed by atoms with Crippen molar-refractivity contribution in [1.29, 1.82) is 0 Å². The highest BCUT2D eigenvalue weighted by Gasteiger charge is 2.31. The van der Waals surface area contributed by atoms with Gasteiger partial charge in [-0.1, -0.05) is 209 Å². The van der Waals surface area contributed by atoms with Gasteiger partial charge >= 0.3 is 12.8 Å². The Morgan fingerprint density at radius 3 is 0.908 bits per heavy atom. The summed E-state index contributed by atoms with van der Waals surface area (Å²) in [5, 5.41) is 3.75. The average molecular weight is 1760 g/mol. The van der Waals surface area contributed by atoms with E-state index in [0.29, 0.717) is 130 Å². The lowest BCUT2D eigenvalue weighted by Crippen LogP contribution is -2.10. The quantitative estimate of drug-likeness (QED) is 0.0436. The topological polar surface area (TPSA) is 225 Å². The summed E-state index contributed by atoms with van der Waals surface area (Å²) in [4.78, 5) is 80.4. The van der Waals surface area contributed by atoms with Crippen molar-refractivity contribution in [2.24, 2.45) is 0 Å². The molecule has 5 heterocycles.